The van der Waals surface area contributed by atoms with E-state index in [0.717, 1.165) is 43.0 Å². The van der Waals surface area contributed by atoms with Crippen LogP contribution in [-0.2, 0) is 19.4 Å². The van der Waals surface area contributed by atoms with Gasteiger partial charge >= 0.3 is 0 Å². The molecule has 1 atom stereocenters. The normalized spacial score (nSPS) is 18.8. The summed E-state index contributed by atoms with van der Waals surface area (Å²) in [5.41, 5.74) is 4.65. The number of phenolic OH excluding ortho intramolecular Hbond substituents is 1. The third kappa shape index (κ3) is 2.42. The van der Waals surface area contributed by atoms with Gasteiger partial charge in [0.25, 0.3) is 0 Å². The van der Waals surface area contributed by atoms with Crippen molar-refractivity contribution < 1.29 is 19.3 Å². The van der Waals surface area contributed by atoms with E-state index in [2.05, 4.69) is 17.0 Å². The van der Waals surface area contributed by atoms with Crippen LogP contribution >= 0.6 is 0 Å². The number of aromatic hydroxyl groups is 1. The zero-order chi connectivity index (χ0) is 17.6. The minimum absolute atomic E-state index is 0.157. The average Bonchev–Trinajstić information content (AvgIpc) is 2.65. The molecule has 0 radical (unpaired) electrons. The summed E-state index contributed by atoms with van der Waals surface area (Å²) in [5, 5.41) is 10.7. The van der Waals surface area contributed by atoms with Crippen LogP contribution in [0.25, 0.3) is 0 Å². The van der Waals surface area contributed by atoms with Crippen LogP contribution < -0.4 is 14.2 Å². The van der Waals surface area contributed by atoms with Gasteiger partial charge in [-0.15, -0.1) is 0 Å². The number of benzene rings is 2. The number of ether oxygens (including phenoxy) is 3. The molecule has 2 aromatic carbocycles. The highest BCUT2D eigenvalue weighted by molar-refractivity contribution is 5.56. The maximum Gasteiger partial charge on any atom is 0.165 e. The van der Waals surface area contributed by atoms with Gasteiger partial charge in [-0.3, -0.25) is 4.90 Å². The van der Waals surface area contributed by atoms with Gasteiger partial charge in [0.2, 0.25) is 0 Å². The van der Waals surface area contributed by atoms with Crippen LogP contribution in [0, 0.1) is 0 Å². The van der Waals surface area contributed by atoms with E-state index in [4.69, 9.17) is 14.2 Å². The third-order valence-corrected chi connectivity index (χ3v) is 5.45. The minimum atomic E-state index is 0.157. The predicted molar refractivity (Wildman–Crippen MR) is 94.8 cm³/mol. The van der Waals surface area contributed by atoms with Crippen molar-refractivity contribution in [1.82, 2.24) is 4.90 Å². The number of hydrogen-bond donors (Lipinski definition) is 1. The Hall–Kier alpha value is -2.40. The lowest BCUT2D eigenvalue weighted by Crippen LogP contribution is -2.39. The van der Waals surface area contributed by atoms with E-state index in [0.29, 0.717) is 5.75 Å². The summed E-state index contributed by atoms with van der Waals surface area (Å²) in [7, 11) is 4.94. The first-order chi connectivity index (χ1) is 12.2. The largest absolute Gasteiger partial charge is 0.504 e. The number of hydrogen-bond acceptors (Lipinski definition) is 5. The van der Waals surface area contributed by atoms with E-state index in [1.807, 2.05) is 12.1 Å². The Kier molecular flexibility index (Phi) is 3.96. The molecular formula is C20H23NO4. The summed E-state index contributed by atoms with van der Waals surface area (Å²) >= 11 is 0. The number of phenols is 1. The Labute approximate surface area is 147 Å². The molecule has 0 amide bonds. The molecule has 0 fully saturated rings. The standard InChI is InChI=1S/C20H23NO4/c1-23-16-6-4-12-8-9-21-11-14-13(10-15(21)18(12)19(16)22)5-7-17(24-2)20(14)25-3/h4-7,15,22H,8-11H2,1-3H3. The third-order valence-electron chi connectivity index (χ3n) is 5.45. The van der Waals surface area contributed by atoms with Crippen molar-refractivity contribution in [1.29, 1.82) is 0 Å². The molecule has 132 valence electrons. The molecule has 0 aliphatic carbocycles. The summed E-state index contributed by atoms with van der Waals surface area (Å²) in [6.45, 7) is 1.75. The molecule has 0 bridgehead atoms. The Morgan fingerprint density at radius 1 is 0.960 bits per heavy atom. The fourth-order valence-electron chi connectivity index (χ4n) is 4.21. The SMILES string of the molecule is COc1ccc2c(c1O)C1Cc3ccc(OC)c(OC)c3CN1CC2. The van der Waals surface area contributed by atoms with E-state index in [1.165, 1.54) is 16.7 Å². The minimum Gasteiger partial charge on any atom is -0.504 e. The van der Waals surface area contributed by atoms with Gasteiger partial charge in [-0.2, -0.15) is 0 Å². The second-order valence-electron chi connectivity index (χ2n) is 6.57. The summed E-state index contributed by atoms with van der Waals surface area (Å²) in [5.74, 6) is 2.40. The molecule has 2 aromatic rings. The predicted octanol–water partition coefficient (Wildman–Crippen LogP) is 3.07. The lowest BCUT2D eigenvalue weighted by atomic mass is 9.83. The molecule has 2 aliphatic rings. The van der Waals surface area contributed by atoms with Crippen molar-refractivity contribution in [3.63, 3.8) is 0 Å². The van der Waals surface area contributed by atoms with Crippen LogP contribution in [0.15, 0.2) is 24.3 Å². The van der Waals surface area contributed by atoms with Crippen molar-refractivity contribution in [2.75, 3.05) is 27.9 Å². The number of nitrogens with zero attached hydrogens (tertiary/aromatic N) is 1. The van der Waals surface area contributed by atoms with Crippen molar-refractivity contribution in [3.8, 4) is 23.0 Å². The molecule has 0 spiro atoms. The van der Waals surface area contributed by atoms with Crippen molar-refractivity contribution in [2.45, 2.75) is 25.4 Å². The van der Waals surface area contributed by atoms with E-state index >= 15 is 0 Å². The molecule has 5 nitrogen and oxygen atoms in total. The number of rotatable bonds is 3. The molecule has 2 heterocycles. The van der Waals surface area contributed by atoms with E-state index in [-0.39, 0.29) is 11.8 Å². The number of fused-ring (bicyclic) bond motifs is 4. The zero-order valence-corrected chi connectivity index (χ0v) is 14.8. The topological polar surface area (TPSA) is 51.2 Å². The van der Waals surface area contributed by atoms with Crippen molar-refractivity contribution in [2.24, 2.45) is 0 Å². The Bertz CT molecular complexity index is 818. The van der Waals surface area contributed by atoms with Gasteiger partial charge in [-0.1, -0.05) is 12.1 Å². The van der Waals surface area contributed by atoms with Gasteiger partial charge in [-0.25, -0.2) is 0 Å². The monoisotopic (exact) mass is 341 g/mol. The average molecular weight is 341 g/mol. The van der Waals surface area contributed by atoms with E-state index < -0.39 is 0 Å². The highest BCUT2D eigenvalue weighted by atomic mass is 16.5. The van der Waals surface area contributed by atoms with Crippen LogP contribution in [0.1, 0.15) is 28.3 Å². The zero-order valence-electron chi connectivity index (χ0n) is 14.8. The highest BCUT2D eigenvalue weighted by Crippen LogP contribution is 2.47. The molecule has 0 aromatic heterocycles. The van der Waals surface area contributed by atoms with Gasteiger partial charge in [0.05, 0.1) is 21.3 Å². The fraction of sp³-hybridized carbons (Fsp3) is 0.400. The van der Waals surface area contributed by atoms with Crippen molar-refractivity contribution >= 4 is 0 Å². The molecule has 25 heavy (non-hydrogen) atoms. The Balaban J connectivity index is 1.80. The molecule has 0 saturated heterocycles. The highest BCUT2D eigenvalue weighted by Gasteiger charge is 2.36. The molecule has 1 N–H and O–H groups in total. The summed E-state index contributed by atoms with van der Waals surface area (Å²) in [6, 6.07) is 8.16. The molecule has 2 aliphatic heterocycles. The van der Waals surface area contributed by atoms with E-state index in [9.17, 15) is 5.11 Å². The Morgan fingerprint density at radius 3 is 2.40 bits per heavy atom. The summed E-state index contributed by atoms with van der Waals surface area (Å²) in [4.78, 5) is 2.41. The summed E-state index contributed by atoms with van der Waals surface area (Å²) in [6.07, 6.45) is 1.76. The maximum atomic E-state index is 10.7. The number of methoxy groups -OCH3 is 3. The van der Waals surface area contributed by atoms with Gasteiger partial charge in [0.1, 0.15) is 0 Å². The molecular weight excluding hydrogens is 318 g/mol. The molecule has 0 saturated carbocycles. The van der Waals surface area contributed by atoms with Gasteiger partial charge in [0, 0.05) is 30.3 Å². The summed E-state index contributed by atoms with van der Waals surface area (Å²) < 4.78 is 16.4. The van der Waals surface area contributed by atoms with Gasteiger partial charge < -0.3 is 19.3 Å². The first-order valence-corrected chi connectivity index (χ1v) is 8.53. The fourth-order valence-corrected chi connectivity index (χ4v) is 4.21. The first-order valence-electron chi connectivity index (χ1n) is 8.53. The van der Waals surface area contributed by atoms with Crippen molar-refractivity contribution in [3.05, 3.63) is 46.5 Å². The maximum absolute atomic E-state index is 10.7. The van der Waals surface area contributed by atoms with Crippen LogP contribution in [0.4, 0.5) is 0 Å². The van der Waals surface area contributed by atoms with Crippen LogP contribution in [0.3, 0.4) is 0 Å². The lowest BCUT2D eigenvalue weighted by molar-refractivity contribution is 0.154. The van der Waals surface area contributed by atoms with Crippen LogP contribution in [0.5, 0.6) is 23.0 Å². The lowest BCUT2D eigenvalue weighted by Gasteiger charge is -2.42. The quantitative estimate of drug-likeness (QED) is 0.930. The molecule has 1 unspecified atom stereocenters. The van der Waals surface area contributed by atoms with Gasteiger partial charge in [-0.05, 0) is 36.1 Å². The second kappa shape index (κ2) is 6.15. The van der Waals surface area contributed by atoms with Crippen LogP contribution in [-0.4, -0.2) is 37.9 Å². The molecule has 4 rings (SSSR count). The van der Waals surface area contributed by atoms with E-state index in [1.54, 1.807) is 21.3 Å². The Morgan fingerprint density at radius 2 is 1.68 bits per heavy atom. The van der Waals surface area contributed by atoms with Gasteiger partial charge in [0.15, 0.2) is 23.0 Å². The first kappa shape index (κ1) is 16.1. The van der Waals surface area contributed by atoms with Crippen LogP contribution in [0.2, 0.25) is 0 Å². The molecule has 5 heteroatoms. The second-order valence-corrected chi connectivity index (χ2v) is 6.57. The smallest absolute Gasteiger partial charge is 0.165 e.